The first-order valence-corrected chi connectivity index (χ1v) is 10.8. The summed E-state index contributed by atoms with van der Waals surface area (Å²) in [5.74, 6) is -0.232. The van der Waals surface area contributed by atoms with Gasteiger partial charge in [0.2, 0.25) is 5.91 Å². The number of halogens is 1. The van der Waals surface area contributed by atoms with E-state index in [1.165, 1.54) is 18.2 Å². The summed E-state index contributed by atoms with van der Waals surface area (Å²) in [6.45, 7) is 9.96. The van der Waals surface area contributed by atoms with E-state index >= 15 is 0 Å². The summed E-state index contributed by atoms with van der Waals surface area (Å²) in [6.07, 6.45) is 0. The van der Waals surface area contributed by atoms with Crippen LogP contribution in [0.3, 0.4) is 0 Å². The molecule has 1 aliphatic heterocycles. The summed E-state index contributed by atoms with van der Waals surface area (Å²) in [6, 6.07) is 9.53. The Bertz CT molecular complexity index is 1060. The topological polar surface area (TPSA) is 95.8 Å². The summed E-state index contributed by atoms with van der Waals surface area (Å²) in [4.78, 5) is 39.5. The van der Waals surface area contributed by atoms with E-state index in [9.17, 15) is 19.7 Å². The van der Waals surface area contributed by atoms with Crippen molar-refractivity contribution in [1.29, 1.82) is 0 Å². The van der Waals surface area contributed by atoms with E-state index in [0.29, 0.717) is 48.0 Å². The van der Waals surface area contributed by atoms with Crippen molar-refractivity contribution in [2.75, 3.05) is 36.4 Å². The number of carbonyl (C=O) groups excluding carboxylic acids is 2. The van der Waals surface area contributed by atoms with Crippen molar-refractivity contribution < 1.29 is 14.5 Å². The lowest BCUT2D eigenvalue weighted by Gasteiger charge is -2.39. The number of nitro groups is 1. The van der Waals surface area contributed by atoms with Gasteiger partial charge >= 0.3 is 0 Å². The Morgan fingerprint density at radius 3 is 2.25 bits per heavy atom. The second-order valence-corrected chi connectivity index (χ2v) is 9.32. The predicted octanol–water partition coefficient (Wildman–Crippen LogP) is 4.50. The highest BCUT2D eigenvalue weighted by atomic mass is 35.5. The number of aryl methyl sites for hydroxylation is 1. The number of amides is 2. The lowest BCUT2D eigenvalue weighted by Crippen LogP contribution is -2.51. The number of nitrogens with zero attached hydrogens (tertiary/aromatic N) is 3. The lowest BCUT2D eigenvalue weighted by molar-refractivity contribution is -0.385. The van der Waals surface area contributed by atoms with Gasteiger partial charge in [-0.25, -0.2) is 0 Å². The highest BCUT2D eigenvalue weighted by Gasteiger charge is 2.30. The molecule has 0 saturated carbocycles. The molecule has 1 saturated heterocycles. The molecule has 9 heteroatoms. The molecule has 2 aromatic rings. The van der Waals surface area contributed by atoms with Crippen molar-refractivity contribution >= 4 is 40.5 Å². The van der Waals surface area contributed by atoms with E-state index in [2.05, 4.69) is 10.2 Å². The minimum Gasteiger partial charge on any atom is -0.367 e. The summed E-state index contributed by atoms with van der Waals surface area (Å²) >= 11 is 6.50. The molecule has 1 aliphatic rings. The fraction of sp³-hybridized carbons (Fsp3) is 0.391. The Kier molecular flexibility index (Phi) is 6.74. The molecule has 0 bridgehead atoms. The van der Waals surface area contributed by atoms with Gasteiger partial charge in [0.05, 0.1) is 15.6 Å². The normalized spacial score (nSPS) is 14.3. The summed E-state index contributed by atoms with van der Waals surface area (Å²) < 4.78 is 0. The van der Waals surface area contributed by atoms with Crippen LogP contribution < -0.4 is 10.2 Å². The van der Waals surface area contributed by atoms with Crippen LogP contribution in [0.5, 0.6) is 0 Å². The zero-order valence-electron chi connectivity index (χ0n) is 18.6. The Morgan fingerprint density at radius 2 is 1.72 bits per heavy atom. The van der Waals surface area contributed by atoms with E-state index < -0.39 is 10.3 Å². The molecule has 1 heterocycles. The van der Waals surface area contributed by atoms with Gasteiger partial charge < -0.3 is 15.1 Å². The maximum Gasteiger partial charge on any atom is 0.272 e. The van der Waals surface area contributed by atoms with Crippen LogP contribution in [0.15, 0.2) is 36.4 Å². The number of benzene rings is 2. The number of hydrogen-bond acceptors (Lipinski definition) is 5. The average molecular weight is 459 g/mol. The fourth-order valence-corrected chi connectivity index (χ4v) is 3.97. The van der Waals surface area contributed by atoms with Crippen molar-refractivity contribution in [2.24, 2.45) is 5.41 Å². The summed E-state index contributed by atoms with van der Waals surface area (Å²) in [5.41, 5.74) is 1.69. The number of nitrogens with one attached hydrogen (secondary N) is 1. The third-order valence-corrected chi connectivity index (χ3v) is 5.71. The van der Waals surface area contributed by atoms with Crippen LogP contribution in [0.25, 0.3) is 0 Å². The Balaban J connectivity index is 1.66. The fourth-order valence-electron chi connectivity index (χ4n) is 3.67. The predicted molar refractivity (Wildman–Crippen MR) is 125 cm³/mol. The molecule has 0 aliphatic carbocycles. The van der Waals surface area contributed by atoms with Gasteiger partial charge in [-0.15, -0.1) is 0 Å². The third kappa shape index (κ3) is 5.19. The molecule has 0 aromatic heterocycles. The quantitative estimate of drug-likeness (QED) is 0.537. The number of rotatable bonds is 4. The molecular formula is C23H27ClN4O4. The molecule has 0 unspecified atom stereocenters. The van der Waals surface area contributed by atoms with Gasteiger partial charge in [0.15, 0.2) is 0 Å². The second kappa shape index (κ2) is 9.16. The molecular weight excluding hydrogens is 432 g/mol. The van der Waals surface area contributed by atoms with Crippen LogP contribution >= 0.6 is 11.6 Å². The van der Waals surface area contributed by atoms with E-state index in [1.807, 2.05) is 31.7 Å². The molecule has 1 N–H and O–H groups in total. The highest BCUT2D eigenvalue weighted by Crippen LogP contribution is 2.30. The van der Waals surface area contributed by atoms with Crippen LogP contribution in [0.1, 0.15) is 36.7 Å². The van der Waals surface area contributed by atoms with Crippen molar-refractivity contribution in [3.8, 4) is 0 Å². The maximum absolute atomic E-state index is 12.6. The number of nitro benzene ring substituents is 1. The van der Waals surface area contributed by atoms with Crippen molar-refractivity contribution in [3.63, 3.8) is 0 Å². The molecule has 8 nitrogen and oxygen atoms in total. The van der Waals surface area contributed by atoms with E-state index in [-0.39, 0.29) is 17.5 Å². The van der Waals surface area contributed by atoms with Crippen molar-refractivity contribution in [3.05, 3.63) is 62.7 Å². The standard InChI is InChI=1S/C23H27ClN4O4/c1-15-13-16(5-7-19(15)28(31)32)21(29)25-17-6-8-20(18(24)14-17)26-9-11-27(12-10-26)22(30)23(2,3)4/h5-8,13-14H,9-12H2,1-4H3,(H,25,29). The van der Waals surface area contributed by atoms with Gasteiger partial charge in [-0.2, -0.15) is 0 Å². The molecule has 2 amide bonds. The molecule has 0 atom stereocenters. The number of hydrogen-bond donors (Lipinski definition) is 1. The Hall–Kier alpha value is -3.13. The molecule has 3 rings (SSSR count). The zero-order valence-corrected chi connectivity index (χ0v) is 19.4. The molecule has 0 radical (unpaired) electrons. The minimum atomic E-state index is -0.478. The number of piperazine rings is 1. The van der Waals surface area contributed by atoms with Gasteiger partial charge in [0.25, 0.3) is 11.6 Å². The van der Waals surface area contributed by atoms with Crippen LogP contribution in [0, 0.1) is 22.5 Å². The zero-order chi connectivity index (χ0) is 23.6. The Labute approximate surface area is 192 Å². The largest absolute Gasteiger partial charge is 0.367 e. The first-order valence-electron chi connectivity index (χ1n) is 10.4. The smallest absolute Gasteiger partial charge is 0.272 e. The van der Waals surface area contributed by atoms with Gasteiger partial charge in [-0.1, -0.05) is 32.4 Å². The van der Waals surface area contributed by atoms with Gasteiger partial charge in [0.1, 0.15) is 0 Å². The minimum absolute atomic E-state index is 0.0294. The monoisotopic (exact) mass is 458 g/mol. The van der Waals surface area contributed by atoms with Crippen molar-refractivity contribution in [1.82, 2.24) is 4.90 Å². The maximum atomic E-state index is 12.6. The SMILES string of the molecule is Cc1cc(C(=O)Nc2ccc(N3CCN(C(=O)C(C)(C)C)CC3)c(Cl)c2)ccc1[N+](=O)[O-]. The summed E-state index contributed by atoms with van der Waals surface area (Å²) in [7, 11) is 0. The third-order valence-electron chi connectivity index (χ3n) is 5.41. The molecule has 0 spiro atoms. The molecule has 2 aromatic carbocycles. The first-order chi connectivity index (χ1) is 15.0. The van der Waals surface area contributed by atoms with E-state index in [0.717, 1.165) is 5.69 Å². The molecule has 170 valence electrons. The average Bonchev–Trinajstić information content (AvgIpc) is 2.72. The van der Waals surface area contributed by atoms with Crippen LogP contribution in [0.2, 0.25) is 5.02 Å². The lowest BCUT2D eigenvalue weighted by atomic mass is 9.94. The Morgan fingerprint density at radius 1 is 1.06 bits per heavy atom. The van der Waals surface area contributed by atoms with Gasteiger partial charge in [-0.05, 0) is 37.3 Å². The molecule has 32 heavy (non-hydrogen) atoms. The number of anilines is 2. The van der Waals surface area contributed by atoms with E-state index in [4.69, 9.17) is 11.6 Å². The molecule has 1 fully saturated rings. The first kappa shape index (κ1) is 23.5. The van der Waals surface area contributed by atoms with Crippen LogP contribution in [-0.2, 0) is 4.79 Å². The highest BCUT2D eigenvalue weighted by molar-refractivity contribution is 6.33. The van der Waals surface area contributed by atoms with Crippen LogP contribution in [0.4, 0.5) is 17.1 Å². The van der Waals surface area contributed by atoms with E-state index in [1.54, 1.807) is 19.1 Å². The van der Waals surface area contributed by atoms with Gasteiger partial charge in [0, 0.05) is 54.5 Å². The second-order valence-electron chi connectivity index (χ2n) is 8.91. The number of carbonyl (C=O) groups is 2. The summed E-state index contributed by atoms with van der Waals surface area (Å²) in [5, 5.41) is 14.2. The van der Waals surface area contributed by atoms with Gasteiger partial charge in [-0.3, -0.25) is 19.7 Å². The van der Waals surface area contributed by atoms with Crippen molar-refractivity contribution in [2.45, 2.75) is 27.7 Å². The van der Waals surface area contributed by atoms with Crippen LogP contribution in [-0.4, -0.2) is 47.8 Å².